The molecule has 0 N–H and O–H groups in total. The Bertz CT molecular complexity index is 1580. The number of esters is 1. The predicted octanol–water partition coefficient (Wildman–Crippen LogP) is 4.59. The van der Waals surface area contributed by atoms with Crippen LogP contribution in [0.15, 0.2) is 48.5 Å². The lowest BCUT2D eigenvalue weighted by Crippen LogP contribution is -2.50. The standard InChI is InChI=1S/C29H27F6N5O5/c1-37(25(42)26(38-14-3-4-15-38)45-27(43)29(33,34)35)17-5-7-18(8-6-17)39-16-13-21-22(24(39)41)40(36-23(21)28(30,31)32)19-9-11-20(44-2)12-10-19/h5-12,26H,3-4,13-16H2,1-2H3. The molecule has 3 aromatic rings. The Morgan fingerprint density at radius 2 is 1.51 bits per heavy atom. The van der Waals surface area contributed by atoms with E-state index in [0.29, 0.717) is 24.3 Å². The van der Waals surface area contributed by atoms with Gasteiger partial charge in [-0.25, -0.2) is 9.48 Å². The van der Waals surface area contributed by atoms with Crippen molar-refractivity contribution in [1.29, 1.82) is 0 Å². The Labute approximate surface area is 252 Å². The highest BCUT2D eigenvalue weighted by Gasteiger charge is 2.46. The summed E-state index contributed by atoms with van der Waals surface area (Å²) < 4.78 is 91.1. The van der Waals surface area contributed by atoms with E-state index in [1.807, 2.05) is 0 Å². The van der Waals surface area contributed by atoms with Gasteiger partial charge in [0, 0.05) is 43.6 Å². The molecule has 1 saturated heterocycles. The van der Waals surface area contributed by atoms with Crippen molar-refractivity contribution >= 4 is 29.2 Å². The molecule has 0 saturated carbocycles. The summed E-state index contributed by atoms with van der Waals surface area (Å²) in [6, 6.07) is 11.7. The van der Waals surface area contributed by atoms with Gasteiger partial charge < -0.3 is 19.3 Å². The third-order valence-electron chi connectivity index (χ3n) is 7.62. The van der Waals surface area contributed by atoms with E-state index in [1.165, 1.54) is 72.5 Å². The lowest BCUT2D eigenvalue weighted by atomic mass is 10.0. The molecule has 45 heavy (non-hydrogen) atoms. The van der Waals surface area contributed by atoms with Gasteiger partial charge in [0.1, 0.15) is 11.4 Å². The summed E-state index contributed by atoms with van der Waals surface area (Å²) in [5.74, 6) is -3.68. The van der Waals surface area contributed by atoms with Crippen molar-refractivity contribution in [2.45, 2.75) is 37.8 Å². The van der Waals surface area contributed by atoms with Gasteiger partial charge in [-0.05, 0) is 67.8 Å². The Balaban J connectivity index is 1.41. The number of aromatic nitrogens is 2. The molecule has 240 valence electrons. The number of carbonyl (C=O) groups excluding carboxylic acids is 3. The monoisotopic (exact) mass is 639 g/mol. The maximum atomic E-state index is 13.9. The third kappa shape index (κ3) is 6.32. The molecule has 10 nitrogen and oxygen atoms in total. The first-order chi connectivity index (χ1) is 21.2. The Hall–Kier alpha value is -4.60. The van der Waals surface area contributed by atoms with E-state index in [2.05, 4.69) is 9.84 Å². The summed E-state index contributed by atoms with van der Waals surface area (Å²) in [5.41, 5.74) is -0.921. The molecule has 0 spiro atoms. The number of hydrogen-bond acceptors (Lipinski definition) is 7. The number of anilines is 2. The molecule has 16 heteroatoms. The summed E-state index contributed by atoms with van der Waals surface area (Å²) in [4.78, 5) is 42.1. The molecular weight excluding hydrogens is 612 g/mol. The van der Waals surface area contributed by atoms with E-state index in [-0.39, 0.29) is 48.7 Å². The number of alkyl halides is 6. The summed E-state index contributed by atoms with van der Waals surface area (Å²) in [5, 5.41) is 3.76. The molecule has 1 unspecified atom stereocenters. The Kier molecular flexibility index (Phi) is 8.53. The van der Waals surface area contributed by atoms with Crippen LogP contribution in [0.2, 0.25) is 0 Å². The van der Waals surface area contributed by atoms with Crippen molar-refractivity contribution in [2.75, 3.05) is 43.6 Å². The topological polar surface area (TPSA) is 97.2 Å². The van der Waals surface area contributed by atoms with Gasteiger partial charge >= 0.3 is 18.3 Å². The largest absolute Gasteiger partial charge is 0.497 e. The highest BCUT2D eigenvalue weighted by molar-refractivity contribution is 6.08. The van der Waals surface area contributed by atoms with Crippen molar-refractivity contribution in [1.82, 2.24) is 14.7 Å². The zero-order valence-corrected chi connectivity index (χ0v) is 24.0. The molecule has 0 radical (unpaired) electrons. The number of nitrogens with zero attached hydrogens (tertiary/aromatic N) is 5. The van der Waals surface area contributed by atoms with Crippen molar-refractivity contribution in [2.24, 2.45) is 0 Å². The third-order valence-corrected chi connectivity index (χ3v) is 7.62. The van der Waals surface area contributed by atoms with Crippen LogP contribution in [0.1, 0.15) is 34.6 Å². The molecule has 1 aromatic heterocycles. The van der Waals surface area contributed by atoms with E-state index in [4.69, 9.17) is 4.74 Å². The van der Waals surface area contributed by atoms with Crippen molar-refractivity contribution < 1.29 is 50.2 Å². The van der Waals surface area contributed by atoms with E-state index in [9.17, 15) is 40.7 Å². The van der Waals surface area contributed by atoms with Crippen LogP contribution in [0, 0.1) is 0 Å². The van der Waals surface area contributed by atoms with Gasteiger partial charge in [0.25, 0.3) is 11.8 Å². The van der Waals surface area contributed by atoms with Crippen LogP contribution >= 0.6 is 0 Å². The molecule has 5 rings (SSSR count). The van der Waals surface area contributed by atoms with Crippen molar-refractivity contribution in [3.05, 3.63) is 65.5 Å². The van der Waals surface area contributed by atoms with Gasteiger partial charge in [-0.2, -0.15) is 31.4 Å². The highest BCUT2D eigenvalue weighted by atomic mass is 19.4. The van der Waals surface area contributed by atoms with Crippen molar-refractivity contribution in [3.63, 3.8) is 0 Å². The Morgan fingerprint density at radius 1 is 0.911 bits per heavy atom. The van der Waals surface area contributed by atoms with E-state index in [1.54, 1.807) is 0 Å². The van der Waals surface area contributed by atoms with Gasteiger partial charge in [0.15, 0.2) is 5.69 Å². The minimum Gasteiger partial charge on any atom is -0.497 e. The Morgan fingerprint density at radius 3 is 2.07 bits per heavy atom. The molecule has 0 bridgehead atoms. The quantitative estimate of drug-likeness (QED) is 0.276. The second kappa shape index (κ2) is 12.1. The first kappa shape index (κ1) is 31.8. The van der Waals surface area contributed by atoms with Gasteiger partial charge in [-0.3, -0.25) is 14.5 Å². The maximum Gasteiger partial charge on any atom is 0.490 e. The molecule has 3 heterocycles. The maximum absolute atomic E-state index is 13.9. The lowest BCUT2D eigenvalue weighted by Gasteiger charge is -2.31. The number of likely N-dealkylation sites (N-methyl/N-ethyl adjacent to an activating group) is 1. The number of methoxy groups -OCH3 is 1. The van der Waals surface area contributed by atoms with E-state index < -0.39 is 42.1 Å². The fraction of sp³-hybridized carbons (Fsp3) is 0.379. The van der Waals surface area contributed by atoms with Crippen LogP contribution in [0.3, 0.4) is 0 Å². The first-order valence-corrected chi connectivity index (χ1v) is 13.8. The van der Waals surface area contributed by atoms with Gasteiger partial charge in [-0.15, -0.1) is 0 Å². The summed E-state index contributed by atoms with van der Waals surface area (Å²) in [6.07, 6.45) is -10.8. The number of carbonyl (C=O) groups is 3. The molecule has 1 fully saturated rings. The fourth-order valence-corrected chi connectivity index (χ4v) is 5.32. The molecule has 2 aliphatic heterocycles. The number of amides is 2. The van der Waals surface area contributed by atoms with Crippen LogP contribution in [-0.4, -0.2) is 78.7 Å². The number of fused-ring (bicyclic) bond motifs is 1. The molecular formula is C29H27F6N5O5. The second-order valence-corrected chi connectivity index (χ2v) is 10.4. The average Bonchev–Trinajstić information content (AvgIpc) is 3.68. The van der Waals surface area contributed by atoms with Crippen LogP contribution in [0.4, 0.5) is 37.7 Å². The summed E-state index contributed by atoms with van der Waals surface area (Å²) in [6.45, 7) is 0.425. The van der Waals surface area contributed by atoms with Gasteiger partial charge in [-0.1, -0.05) is 0 Å². The number of halogens is 6. The van der Waals surface area contributed by atoms with Gasteiger partial charge in [0.05, 0.1) is 12.8 Å². The molecule has 2 amide bonds. The average molecular weight is 640 g/mol. The van der Waals surface area contributed by atoms with Crippen LogP contribution in [0.5, 0.6) is 5.75 Å². The number of rotatable bonds is 7. The number of benzene rings is 2. The smallest absolute Gasteiger partial charge is 0.490 e. The minimum absolute atomic E-state index is 0.0955. The second-order valence-electron chi connectivity index (χ2n) is 10.4. The molecule has 2 aliphatic rings. The number of likely N-dealkylation sites (tertiary alicyclic amines) is 1. The SMILES string of the molecule is COc1ccc(-n2nc(C(F)(F)F)c3c2C(=O)N(c2ccc(N(C)C(=O)C(OC(=O)C(F)(F)F)N4CCCC4)cc2)CC3)cc1. The van der Waals surface area contributed by atoms with Crippen LogP contribution in [0.25, 0.3) is 5.69 Å². The normalized spacial score (nSPS) is 16.4. The lowest BCUT2D eigenvalue weighted by molar-refractivity contribution is -0.212. The fourth-order valence-electron chi connectivity index (χ4n) is 5.32. The molecule has 2 aromatic carbocycles. The highest BCUT2D eigenvalue weighted by Crippen LogP contribution is 2.37. The zero-order chi connectivity index (χ0) is 32.7. The zero-order valence-electron chi connectivity index (χ0n) is 24.0. The first-order valence-electron chi connectivity index (χ1n) is 13.8. The van der Waals surface area contributed by atoms with Crippen LogP contribution in [-0.2, 0) is 26.9 Å². The van der Waals surface area contributed by atoms with Crippen LogP contribution < -0.4 is 14.5 Å². The van der Waals surface area contributed by atoms with Gasteiger partial charge in [0.2, 0.25) is 6.23 Å². The van der Waals surface area contributed by atoms with E-state index >= 15 is 0 Å². The van der Waals surface area contributed by atoms with E-state index in [0.717, 1.165) is 9.58 Å². The number of ether oxygens (including phenoxy) is 2. The minimum atomic E-state index is -5.29. The number of hydrogen-bond donors (Lipinski definition) is 0. The van der Waals surface area contributed by atoms with Crippen molar-refractivity contribution in [3.8, 4) is 11.4 Å². The molecule has 0 aliphatic carbocycles. The summed E-state index contributed by atoms with van der Waals surface area (Å²) in [7, 11) is 2.73. The molecule has 1 atom stereocenters. The predicted molar refractivity (Wildman–Crippen MR) is 147 cm³/mol. The summed E-state index contributed by atoms with van der Waals surface area (Å²) >= 11 is 0.